The second-order valence-electron chi connectivity index (χ2n) is 3.28. The summed E-state index contributed by atoms with van der Waals surface area (Å²) < 4.78 is 0. The van der Waals surface area contributed by atoms with Gasteiger partial charge in [0.2, 0.25) is 0 Å². The number of hydrogen-bond acceptors (Lipinski definition) is 1. The Balaban J connectivity index is 2.86. The molecule has 0 unspecified atom stereocenters. The van der Waals surface area contributed by atoms with Gasteiger partial charge in [0.25, 0.3) is 0 Å². The average molecular weight is 184 g/mol. The highest BCUT2D eigenvalue weighted by Gasteiger charge is 2.00. The average Bonchev–Trinajstić information content (AvgIpc) is 1.94. The van der Waals surface area contributed by atoms with Crippen LogP contribution < -0.4 is 5.32 Å². The van der Waals surface area contributed by atoms with Crippen LogP contribution in [0, 0.1) is 6.92 Å². The Kier molecular flexibility index (Phi) is 2.99. The minimum absolute atomic E-state index is 0.421. The standard InChI is InChI=1S/C10H14ClN/c1-7(2)12-10-5-4-8(3)6-9(10)11/h4-7,12H,1-3H3. The molecule has 1 aromatic carbocycles. The molecule has 12 heavy (non-hydrogen) atoms. The maximum absolute atomic E-state index is 6.01. The Labute approximate surface area is 78.7 Å². The Bertz CT molecular complexity index is 269. The molecule has 0 bridgehead atoms. The van der Waals surface area contributed by atoms with Crippen molar-refractivity contribution in [2.24, 2.45) is 0 Å². The quantitative estimate of drug-likeness (QED) is 0.741. The summed E-state index contributed by atoms with van der Waals surface area (Å²) in [5.74, 6) is 0. The van der Waals surface area contributed by atoms with E-state index in [0.29, 0.717) is 6.04 Å². The van der Waals surface area contributed by atoms with Crippen LogP contribution in [0.15, 0.2) is 18.2 Å². The molecule has 0 amide bonds. The summed E-state index contributed by atoms with van der Waals surface area (Å²) in [6.07, 6.45) is 0. The summed E-state index contributed by atoms with van der Waals surface area (Å²) in [5.41, 5.74) is 2.20. The van der Waals surface area contributed by atoms with Crippen molar-refractivity contribution >= 4 is 17.3 Å². The van der Waals surface area contributed by atoms with Gasteiger partial charge in [-0.1, -0.05) is 17.7 Å². The van der Waals surface area contributed by atoms with Crippen molar-refractivity contribution in [3.05, 3.63) is 28.8 Å². The molecule has 1 aromatic rings. The van der Waals surface area contributed by atoms with Crippen molar-refractivity contribution in [3.63, 3.8) is 0 Å². The van der Waals surface area contributed by atoms with Gasteiger partial charge in [0.15, 0.2) is 0 Å². The lowest BCUT2D eigenvalue weighted by molar-refractivity contribution is 0.899. The third kappa shape index (κ3) is 2.42. The minimum Gasteiger partial charge on any atom is -0.382 e. The van der Waals surface area contributed by atoms with Gasteiger partial charge in [0.05, 0.1) is 10.7 Å². The Hall–Kier alpha value is -0.690. The van der Waals surface area contributed by atoms with Crippen molar-refractivity contribution in [1.82, 2.24) is 0 Å². The molecule has 0 aromatic heterocycles. The summed E-state index contributed by atoms with van der Waals surface area (Å²) in [6, 6.07) is 6.45. The van der Waals surface area contributed by atoms with Gasteiger partial charge in [-0.2, -0.15) is 0 Å². The summed E-state index contributed by atoms with van der Waals surface area (Å²) in [5, 5.41) is 4.06. The normalized spacial score (nSPS) is 10.4. The number of benzene rings is 1. The monoisotopic (exact) mass is 183 g/mol. The van der Waals surface area contributed by atoms with E-state index in [1.807, 2.05) is 19.1 Å². The van der Waals surface area contributed by atoms with Gasteiger partial charge >= 0.3 is 0 Å². The van der Waals surface area contributed by atoms with Crippen LogP contribution >= 0.6 is 11.6 Å². The third-order valence-electron chi connectivity index (χ3n) is 1.57. The van der Waals surface area contributed by atoms with Crippen molar-refractivity contribution in [2.45, 2.75) is 26.8 Å². The highest BCUT2D eigenvalue weighted by molar-refractivity contribution is 6.33. The van der Waals surface area contributed by atoms with E-state index < -0.39 is 0 Å². The predicted molar refractivity (Wildman–Crippen MR) is 54.9 cm³/mol. The van der Waals surface area contributed by atoms with Crippen LogP contribution in [0.5, 0.6) is 0 Å². The van der Waals surface area contributed by atoms with Crippen LogP contribution in [-0.4, -0.2) is 6.04 Å². The molecule has 1 rings (SSSR count). The van der Waals surface area contributed by atoms with Crippen LogP contribution in [0.2, 0.25) is 5.02 Å². The first-order chi connectivity index (χ1) is 5.59. The Morgan fingerprint density at radius 3 is 2.50 bits per heavy atom. The zero-order valence-corrected chi connectivity index (χ0v) is 8.44. The van der Waals surface area contributed by atoms with Crippen LogP contribution in [-0.2, 0) is 0 Å². The van der Waals surface area contributed by atoms with Gasteiger partial charge in [-0.05, 0) is 38.5 Å². The molecule has 1 nitrogen and oxygen atoms in total. The molecule has 0 spiro atoms. The Morgan fingerprint density at radius 2 is 2.00 bits per heavy atom. The lowest BCUT2D eigenvalue weighted by atomic mass is 10.2. The molecule has 0 fully saturated rings. The van der Waals surface area contributed by atoms with E-state index in [2.05, 4.69) is 25.2 Å². The molecule has 0 heterocycles. The third-order valence-corrected chi connectivity index (χ3v) is 1.88. The summed E-state index contributed by atoms with van der Waals surface area (Å²) in [4.78, 5) is 0. The number of halogens is 1. The molecule has 0 aliphatic rings. The van der Waals surface area contributed by atoms with Crippen molar-refractivity contribution < 1.29 is 0 Å². The van der Waals surface area contributed by atoms with Crippen LogP contribution in [0.3, 0.4) is 0 Å². The number of hydrogen-bond donors (Lipinski definition) is 1. The van der Waals surface area contributed by atoms with Gasteiger partial charge in [-0.15, -0.1) is 0 Å². The zero-order chi connectivity index (χ0) is 9.14. The van der Waals surface area contributed by atoms with E-state index in [1.165, 1.54) is 5.56 Å². The number of aryl methyl sites for hydroxylation is 1. The second-order valence-corrected chi connectivity index (χ2v) is 3.69. The highest BCUT2D eigenvalue weighted by atomic mass is 35.5. The van der Waals surface area contributed by atoms with E-state index in [9.17, 15) is 0 Å². The van der Waals surface area contributed by atoms with Crippen LogP contribution in [0.4, 0.5) is 5.69 Å². The molecule has 0 radical (unpaired) electrons. The highest BCUT2D eigenvalue weighted by Crippen LogP contribution is 2.23. The van der Waals surface area contributed by atoms with Gasteiger partial charge in [-0.25, -0.2) is 0 Å². The van der Waals surface area contributed by atoms with Gasteiger partial charge < -0.3 is 5.32 Å². The molecule has 0 aliphatic carbocycles. The number of nitrogens with one attached hydrogen (secondary N) is 1. The molecular formula is C10H14ClN. The summed E-state index contributed by atoms with van der Waals surface area (Å²) in [7, 11) is 0. The topological polar surface area (TPSA) is 12.0 Å². The molecule has 0 saturated carbocycles. The first kappa shape index (κ1) is 9.40. The SMILES string of the molecule is Cc1ccc(NC(C)C)c(Cl)c1. The fourth-order valence-electron chi connectivity index (χ4n) is 1.05. The molecular weight excluding hydrogens is 170 g/mol. The summed E-state index contributed by atoms with van der Waals surface area (Å²) >= 11 is 6.01. The van der Waals surface area contributed by atoms with Crippen LogP contribution in [0.25, 0.3) is 0 Å². The lowest BCUT2D eigenvalue weighted by Gasteiger charge is -2.11. The van der Waals surface area contributed by atoms with Crippen molar-refractivity contribution in [1.29, 1.82) is 0 Å². The second kappa shape index (κ2) is 3.81. The first-order valence-electron chi connectivity index (χ1n) is 4.12. The van der Waals surface area contributed by atoms with E-state index in [0.717, 1.165) is 10.7 Å². The maximum Gasteiger partial charge on any atom is 0.0640 e. The van der Waals surface area contributed by atoms with Crippen molar-refractivity contribution in [3.8, 4) is 0 Å². The van der Waals surface area contributed by atoms with Gasteiger partial charge in [0, 0.05) is 6.04 Å². The molecule has 66 valence electrons. The van der Waals surface area contributed by atoms with E-state index in [4.69, 9.17) is 11.6 Å². The van der Waals surface area contributed by atoms with Gasteiger partial charge in [0.1, 0.15) is 0 Å². The molecule has 2 heteroatoms. The van der Waals surface area contributed by atoms with E-state index >= 15 is 0 Å². The molecule has 1 N–H and O–H groups in total. The van der Waals surface area contributed by atoms with E-state index in [1.54, 1.807) is 0 Å². The smallest absolute Gasteiger partial charge is 0.0640 e. The Morgan fingerprint density at radius 1 is 1.33 bits per heavy atom. The first-order valence-corrected chi connectivity index (χ1v) is 4.50. The van der Waals surface area contributed by atoms with Crippen LogP contribution in [0.1, 0.15) is 19.4 Å². The predicted octanol–water partition coefficient (Wildman–Crippen LogP) is 3.47. The molecule has 0 aliphatic heterocycles. The minimum atomic E-state index is 0.421. The molecule has 0 saturated heterocycles. The largest absolute Gasteiger partial charge is 0.382 e. The fraction of sp³-hybridized carbons (Fsp3) is 0.400. The fourth-order valence-corrected chi connectivity index (χ4v) is 1.34. The zero-order valence-electron chi connectivity index (χ0n) is 7.69. The van der Waals surface area contributed by atoms with Crippen molar-refractivity contribution in [2.75, 3.05) is 5.32 Å². The lowest BCUT2D eigenvalue weighted by Crippen LogP contribution is -2.09. The van der Waals surface area contributed by atoms with E-state index in [-0.39, 0.29) is 0 Å². The molecule has 0 atom stereocenters. The maximum atomic E-state index is 6.01. The number of anilines is 1. The van der Waals surface area contributed by atoms with Gasteiger partial charge in [-0.3, -0.25) is 0 Å². The number of rotatable bonds is 2. The summed E-state index contributed by atoms with van der Waals surface area (Å²) in [6.45, 7) is 6.22.